The van der Waals surface area contributed by atoms with Crippen molar-refractivity contribution in [3.05, 3.63) is 206 Å². The van der Waals surface area contributed by atoms with Gasteiger partial charge >= 0.3 is 0 Å². The Labute approximate surface area is 355 Å². The van der Waals surface area contributed by atoms with Gasteiger partial charge in [-0.25, -0.2) is 15.0 Å². The predicted molar refractivity (Wildman–Crippen MR) is 256 cm³/mol. The van der Waals surface area contributed by atoms with Gasteiger partial charge in [0.25, 0.3) is 0 Å². The van der Waals surface area contributed by atoms with Crippen LogP contribution in [0.4, 0.5) is 0 Å². The van der Waals surface area contributed by atoms with Crippen molar-refractivity contribution in [1.82, 2.24) is 19.5 Å². The predicted octanol–water partition coefficient (Wildman–Crippen LogP) is 15.0. The summed E-state index contributed by atoms with van der Waals surface area (Å²) >= 11 is 0. The summed E-state index contributed by atoms with van der Waals surface area (Å²) < 4.78 is 8.83. The second kappa shape index (κ2) is 13.6. The van der Waals surface area contributed by atoms with E-state index in [0.29, 0.717) is 17.5 Å². The van der Waals surface area contributed by atoms with E-state index in [-0.39, 0.29) is 0 Å². The second-order valence-corrected chi connectivity index (χ2v) is 15.9. The van der Waals surface area contributed by atoms with Crippen LogP contribution in [-0.4, -0.2) is 19.5 Å². The summed E-state index contributed by atoms with van der Waals surface area (Å²) in [6.07, 6.45) is 0. The molecule has 0 aliphatic carbocycles. The number of nitrogens with zero attached hydrogens (tertiary/aromatic N) is 4. The lowest BCUT2D eigenvalue weighted by Crippen LogP contribution is -2.03. The molecular weight excluding hydrogens is 757 g/mol. The molecule has 5 nitrogen and oxygen atoms in total. The van der Waals surface area contributed by atoms with Crippen molar-refractivity contribution in [2.75, 3.05) is 0 Å². The molecule has 62 heavy (non-hydrogen) atoms. The maximum Gasteiger partial charge on any atom is 0.165 e. The van der Waals surface area contributed by atoms with Crippen molar-refractivity contribution in [2.45, 2.75) is 0 Å². The number of furan rings is 1. The van der Waals surface area contributed by atoms with E-state index in [1.165, 1.54) is 32.3 Å². The number of rotatable bonds is 5. The van der Waals surface area contributed by atoms with Gasteiger partial charge in [0.2, 0.25) is 0 Å². The Balaban J connectivity index is 1.13. The Hall–Kier alpha value is -8.41. The maximum absolute atomic E-state index is 6.36. The van der Waals surface area contributed by atoms with E-state index < -0.39 is 0 Å². The molecule has 13 aromatic rings. The van der Waals surface area contributed by atoms with Gasteiger partial charge in [0.05, 0.1) is 16.7 Å². The van der Waals surface area contributed by atoms with Gasteiger partial charge in [-0.3, -0.25) is 0 Å². The van der Waals surface area contributed by atoms with Crippen LogP contribution in [0.3, 0.4) is 0 Å². The number of hydrogen-bond acceptors (Lipinski definition) is 4. The molecule has 0 saturated carbocycles. The highest BCUT2D eigenvalue weighted by atomic mass is 16.3. The number of benzene rings is 10. The number of para-hydroxylation sites is 1. The van der Waals surface area contributed by atoms with E-state index in [9.17, 15) is 0 Å². The van der Waals surface area contributed by atoms with E-state index in [1.807, 2.05) is 36.4 Å². The van der Waals surface area contributed by atoms with Crippen LogP contribution in [0.1, 0.15) is 0 Å². The van der Waals surface area contributed by atoms with Crippen LogP contribution in [0.5, 0.6) is 0 Å². The third-order valence-electron chi connectivity index (χ3n) is 12.4. The normalized spacial score (nSPS) is 11.9. The fourth-order valence-electron chi connectivity index (χ4n) is 9.56. The average molecular weight is 791 g/mol. The van der Waals surface area contributed by atoms with Gasteiger partial charge in [0.15, 0.2) is 17.5 Å². The minimum Gasteiger partial charge on any atom is -0.456 e. The molecule has 0 aliphatic heterocycles. The summed E-state index contributed by atoms with van der Waals surface area (Å²) in [7, 11) is 0. The zero-order chi connectivity index (χ0) is 40.7. The summed E-state index contributed by atoms with van der Waals surface area (Å²) in [5.41, 5.74) is 9.83. The highest BCUT2D eigenvalue weighted by Crippen LogP contribution is 2.45. The molecule has 0 amide bonds. The highest BCUT2D eigenvalue weighted by molar-refractivity contribution is 6.24. The number of hydrogen-bond donors (Lipinski definition) is 0. The molecule has 0 unspecified atom stereocenters. The molecule has 0 atom stereocenters. The van der Waals surface area contributed by atoms with Gasteiger partial charge in [-0.1, -0.05) is 164 Å². The van der Waals surface area contributed by atoms with E-state index in [4.69, 9.17) is 19.4 Å². The fraction of sp³-hybridized carbons (Fsp3) is 0. The first kappa shape index (κ1) is 34.5. The van der Waals surface area contributed by atoms with Crippen molar-refractivity contribution in [2.24, 2.45) is 0 Å². The first-order chi connectivity index (χ1) is 30.7. The minimum absolute atomic E-state index is 0.574. The van der Waals surface area contributed by atoms with E-state index in [2.05, 4.69) is 174 Å². The Morgan fingerprint density at radius 1 is 0.339 bits per heavy atom. The summed E-state index contributed by atoms with van der Waals surface area (Å²) in [5.74, 6) is 1.77. The van der Waals surface area contributed by atoms with E-state index in [1.54, 1.807) is 0 Å². The Bertz CT molecular complexity index is 3920. The first-order valence-corrected chi connectivity index (χ1v) is 20.9. The van der Waals surface area contributed by atoms with Gasteiger partial charge in [0.1, 0.15) is 11.2 Å². The molecule has 0 aliphatic rings. The van der Waals surface area contributed by atoms with Crippen LogP contribution in [0, 0.1) is 0 Å². The SMILES string of the molecule is c1ccc(-c2nc(-c3ccc4c(c3)oc3ccccc34)nc(-c3c(-c4ccccc4)cc(-n4c5cc6ccccc6cc5c5c6ccccc6ccc54)c4ccccc34)n2)cc1. The average Bonchev–Trinajstić information content (AvgIpc) is 3.88. The molecule has 10 aromatic carbocycles. The zero-order valence-corrected chi connectivity index (χ0v) is 33.3. The first-order valence-electron chi connectivity index (χ1n) is 20.9. The van der Waals surface area contributed by atoms with Crippen LogP contribution in [0.25, 0.3) is 127 Å². The number of fused-ring (bicyclic) bond motifs is 10. The molecule has 3 aromatic heterocycles. The molecule has 3 heterocycles. The summed E-state index contributed by atoms with van der Waals surface area (Å²) in [6.45, 7) is 0. The summed E-state index contributed by atoms with van der Waals surface area (Å²) in [4.78, 5) is 15.9. The molecule has 0 fully saturated rings. The molecule has 0 saturated heterocycles. The van der Waals surface area contributed by atoms with Crippen LogP contribution in [0.15, 0.2) is 211 Å². The van der Waals surface area contributed by atoms with Gasteiger partial charge in [-0.15, -0.1) is 0 Å². The van der Waals surface area contributed by atoms with Crippen molar-refractivity contribution < 1.29 is 4.42 Å². The molecule has 0 bridgehead atoms. The molecule has 0 radical (unpaired) electrons. The van der Waals surface area contributed by atoms with Crippen molar-refractivity contribution in [3.63, 3.8) is 0 Å². The number of aromatic nitrogens is 4. The van der Waals surface area contributed by atoms with Crippen molar-refractivity contribution >= 4 is 76.1 Å². The second-order valence-electron chi connectivity index (χ2n) is 15.9. The molecular formula is C57H34N4O. The quantitative estimate of drug-likeness (QED) is 0.174. The Morgan fingerprint density at radius 2 is 0.935 bits per heavy atom. The third-order valence-corrected chi connectivity index (χ3v) is 12.4. The Morgan fingerprint density at radius 3 is 1.73 bits per heavy atom. The molecule has 0 N–H and O–H groups in total. The summed E-state index contributed by atoms with van der Waals surface area (Å²) in [6, 6.07) is 72.9. The standard InChI is InChI=1S/C57H34N4O/c1-3-15-35(16-4-1)46-34-50(61-48-30-28-36-17-9-10-22-41(36)53(48)47-31-38-20-7-8-21-39(38)32-49(47)61)42-23-11-12-25-45(42)54(46)57-59-55(37-18-5-2-6-19-37)58-56(60-57)40-27-29-44-43-24-13-14-26-51(43)62-52(44)33-40/h1-34H. The smallest absolute Gasteiger partial charge is 0.165 e. The molecule has 5 heteroatoms. The fourth-order valence-corrected chi connectivity index (χ4v) is 9.56. The van der Waals surface area contributed by atoms with E-state index in [0.717, 1.165) is 77.2 Å². The molecule has 288 valence electrons. The van der Waals surface area contributed by atoms with Crippen LogP contribution in [-0.2, 0) is 0 Å². The lowest BCUT2D eigenvalue weighted by Gasteiger charge is -2.19. The lowest BCUT2D eigenvalue weighted by atomic mass is 9.92. The lowest BCUT2D eigenvalue weighted by molar-refractivity contribution is 0.669. The van der Waals surface area contributed by atoms with Crippen LogP contribution in [0.2, 0.25) is 0 Å². The van der Waals surface area contributed by atoms with Gasteiger partial charge in [-0.2, -0.15) is 0 Å². The van der Waals surface area contributed by atoms with Gasteiger partial charge in [0, 0.05) is 43.6 Å². The van der Waals surface area contributed by atoms with E-state index >= 15 is 0 Å². The third kappa shape index (κ3) is 5.32. The molecule has 13 rings (SSSR count). The topological polar surface area (TPSA) is 56.7 Å². The molecule has 0 spiro atoms. The highest BCUT2D eigenvalue weighted by Gasteiger charge is 2.24. The van der Waals surface area contributed by atoms with Gasteiger partial charge in [-0.05, 0) is 80.5 Å². The maximum atomic E-state index is 6.36. The van der Waals surface area contributed by atoms with Gasteiger partial charge < -0.3 is 8.98 Å². The van der Waals surface area contributed by atoms with Crippen LogP contribution >= 0.6 is 0 Å². The van der Waals surface area contributed by atoms with Crippen molar-refractivity contribution in [3.8, 4) is 51.0 Å². The van der Waals surface area contributed by atoms with Crippen LogP contribution < -0.4 is 0 Å². The monoisotopic (exact) mass is 790 g/mol. The Kier molecular flexibility index (Phi) is 7.54. The zero-order valence-electron chi connectivity index (χ0n) is 33.3. The van der Waals surface area contributed by atoms with Crippen molar-refractivity contribution in [1.29, 1.82) is 0 Å². The minimum atomic E-state index is 0.574. The largest absolute Gasteiger partial charge is 0.456 e. The summed E-state index contributed by atoms with van der Waals surface area (Å²) in [5, 5.41) is 11.6.